The predicted molar refractivity (Wildman–Crippen MR) is 116 cm³/mol. The molecule has 0 saturated carbocycles. The highest BCUT2D eigenvalue weighted by Gasteiger charge is 2.32. The standard InChI is InChI=1S/C22H20FN5OS/c1-13-8-15(11-26-19(13)16-6-7-25-14(2)9-16)12-28-22(20(24)29)30-21(27-28)17-4-3-5-18(23)10-17/h3-11,22H,12H2,1-2H3,(H2,24,29). The van der Waals surface area contributed by atoms with Crippen LogP contribution in [-0.2, 0) is 11.3 Å². The van der Waals surface area contributed by atoms with E-state index in [0.29, 0.717) is 17.2 Å². The van der Waals surface area contributed by atoms with Crippen LogP contribution in [0.1, 0.15) is 22.4 Å². The summed E-state index contributed by atoms with van der Waals surface area (Å²) in [4.78, 5) is 20.8. The molecule has 152 valence electrons. The summed E-state index contributed by atoms with van der Waals surface area (Å²) in [5, 5.41) is 6.05. The molecule has 0 fully saturated rings. The van der Waals surface area contributed by atoms with E-state index in [1.165, 1.54) is 23.9 Å². The molecule has 30 heavy (non-hydrogen) atoms. The second-order valence-corrected chi connectivity index (χ2v) is 8.15. The maximum atomic E-state index is 13.6. The molecule has 1 atom stereocenters. The summed E-state index contributed by atoms with van der Waals surface area (Å²) >= 11 is 1.22. The maximum absolute atomic E-state index is 13.6. The quantitative estimate of drug-likeness (QED) is 0.680. The predicted octanol–water partition coefficient (Wildman–Crippen LogP) is 3.62. The normalized spacial score (nSPS) is 15.9. The van der Waals surface area contributed by atoms with Crippen LogP contribution >= 0.6 is 11.8 Å². The average Bonchev–Trinajstić information content (AvgIpc) is 3.12. The van der Waals surface area contributed by atoms with Crippen molar-refractivity contribution in [3.63, 3.8) is 0 Å². The van der Waals surface area contributed by atoms with Crippen LogP contribution < -0.4 is 5.73 Å². The lowest BCUT2D eigenvalue weighted by Gasteiger charge is -2.20. The molecular formula is C22H20FN5OS. The Morgan fingerprint density at radius 3 is 2.70 bits per heavy atom. The van der Waals surface area contributed by atoms with Crippen LogP contribution in [0.25, 0.3) is 11.3 Å². The van der Waals surface area contributed by atoms with Gasteiger partial charge in [-0.2, -0.15) is 5.10 Å². The maximum Gasteiger partial charge on any atom is 0.252 e. The first-order chi connectivity index (χ1) is 14.4. The fourth-order valence-corrected chi connectivity index (χ4v) is 4.32. The molecule has 4 rings (SSSR count). The van der Waals surface area contributed by atoms with Crippen LogP contribution in [0.2, 0.25) is 0 Å². The molecule has 0 spiro atoms. The van der Waals surface area contributed by atoms with E-state index >= 15 is 0 Å². The van der Waals surface area contributed by atoms with E-state index in [2.05, 4.69) is 15.1 Å². The van der Waals surface area contributed by atoms with Crippen molar-refractivity contribution in [2.24, 2.45) is 10.8 Å². The number of benzene rings is 1. The van der Waals surface area contributed by atoms with Crippen molar-refractivity contribution in [2.75, 3.05) is 0 Å². The molecule has 3 heterocycles. The molecule has 1 aliphatic heterocycles. The van der Waals surface area contributed by atoms with E-state index in [9.17, 15) is 9.18 Å². The molecule has 0 radical (unpaired) electrons. The third-order valence-corrected chi connectivity index (χ3v) is 5.92. The van der Waals surface area contributed by atoms with Crippen LogP contribution in [-0.4, -0.2) is 31.3 Å². The summed E-state index contributed by atoms with van der Waals surface area (Å²) < 4.78 is 13.6. The van der Waals surface area contributed by atoms with Gasteiger partial charge < -0.3 is 5.73 Å². The van der Waals surface area contributed by atoms with Crippen molar-refractivity contribution in [3.8, 4) is 11.3 Å². The highest BCUT2D eigenvalue weighted by Crippen LogP contribution is 2.31. The first-order valence-corrected chi connectivity index (χ1v) is 10.2. The second kappa shape index (κ2) is 8.23. The number of aryl methyl sites for hydroxylation is 2. The number of nitrogens with zero attached hydrogens (tertiary/aromatic N) is 4. The van der Waals surface area contributed by atoms with Gasteiger partial charge in [-0.15, -0.1) is 0 Å². The zero-order valence-corrected chi connectivity index (χ0v) is 17.4. The second-order valence-electron chi connectivity index (χ2n) is 7.08. The Balaban J connectivity index is 1.60. The molecule has 3 aromatic rings. The van der Waals surface area contributed by atoms with Gasteiger partial charge >= 0.3 is 0 Å². The molecule has 1 unspecified atom stereocenters. The molecule has 1 aliphatic rings. The van der Waals surface area contributed by atoms with Crippen LogP contribution in [0.3, 0.4) is 0 Å². The number of hydrogen-bond donors (Lipinski definition) is 1. The highest BCUT2D eigenvalue weighted by atomic mass is 32.2. The SMILES string of the molecule is Cc1cc(-c2ncc(CN3N=C(c4cccc(F)c4)SC3C(N)=O)cc2C)ccn1. The number of pyridine rings is 2. The molecular weight excluding hydrogens is 401 g/mol. The fraction of sp³-hybridized carbons (Fsp3) is 0.182. The zero-order chi connectivity index (χ0) is 21.3. The number of halogens is 1. The Morgan fingerprint density at radius 2 is 2.00 bits per heavy atom. The van der Waals surface area contributed by atoms with Crippen molar-refractivity contribution in [3.05, 3.63) is 83.1 Å². The van der Waals surface area contributed by atoms with E-state index in [1.54, 1.807) is 29.5 Å². The number of hydrazone groups is 1. The summed E-state index contributed by atoms with van der Waals surface area (Å²) in [5.74, 6) is -0.852. The number of hydrogen-bond acceptors (Lipinski definition) is 6. The summed E-state index contributed by atoms with van der Waals surface area (Å²) in [6, 6.07) is 12.1. The summed E-state index contributed by atoms with van der Waals surface area (Å²) in [6.07, 6.45) is 3.54. The molecule has 0 aliphatic carbocycles. The number of thioether (sulfide) groups is 1. The van der Waals surface area contributed by atoms with Crippen LogP contribution in [0.4, 0.5) is 4.39 Å². The first kappa shape index (κ1) is 20.0. The largest absolute Gasteiger partial charge is 0.367 e. The van der Waals surface area contributed by atoms with E-state index in [0.717, 1.165) is 28.1 Å². The zero-order valence-electron chi connectivity index (χ0n) is 16.5. The van der Waals surface area contributed by atoms with Gasteiger partial charge in [-0.1, -0.05) is 30.0 Å². The fourth-order valence-electron chi connectivity index (χ4n) is 3.33. The number of carbonyl (C=O) groups is 1. The van der Waals surface area contributed by atoms with Crippen molar-refractivity contribution in [2.45, 2.75) is 25.8 Å². The van der Waals surface area contributed by atoms with Gasteiger partial charge in [-0.25, -0.2) is 4.39 Å². The Labute approximate surface area is 178 Å². The number of amides is 1. The third kappa shape index (κ3) is 4.18. The Bertz CT molecular complexity index is 1150. The van der Waals surface area contributed by atoms with Gasteiger partial charge in [-0.05, 0) is 49.2 Å². The molecule has 6 nitrogen and oxygen atoms in total. The summed E-state index contributed by atoms with van der Waals surface area (Å²) in [6.45, 7) is 4.30. The molecule has 2 aromatic heterocycles. The van der Waals surface area contributed by atoms with Gasteiger partial charge in [0.1, 0.15) is 10.9 Å². The molecule has 0 saturated heterocycles. The van der Waals surface area contributed by atoms with E-state index in [-0.39, 0.29) is 5.82 Å². The lowest BCUT2D eigenvalue weighted by molar-refractivity contribution is -0.120. The van der Waals surface area contributed by atoms with E-state index in [4.69, 9.17) is 5.73 Å². The minimum absolute atomic E-state index is 0.355. The molecule has 1 amide bonds. The summed E-state index contributed by atoms with van der Waals surface area (Å²) in [5.41, 5.74) is 10.9. The minimum Gasteiger partial charge on any atom is -0.367 e. The third-order valence-electron chi connectivity index (χ3n) is 4.68. The summed E-state index contributed by atoms with van der Waals surface area (Å²) in [7, 11) is 0. The van der Waals surface area contributed by atoms with Gasteiger partial charge in [0.2, 0.25) is 0 Å². The van der Waals surface area contributed by atoms with Crippen molar-refractivity contribution >= 4 is 22.7 Å². The lowest BCUT2D eigenvalue weighted by atomic mass is 10.1. The molecule has 8 heteroatoms. The number of rotatable bonds is 5. The number of primary amides is 1. The first-order valence-electron chi connectivity index (χ1n) is 9.36. The van der Waals surface area contributed by atoms with Gasteiger partial charge in [0.15, 0.2) is 5.37 Å². The van der Waals surface area contributed by atoms with Crippen LogP contribution in [0, 0.1) is 19.7 Å². The highest BCUT2D eigenvalue weighted by molar-refractivity contribution is 8.15. The van der Waals surface area contributed by atoms with Crippen molar-refractivity contribution in [1.82, 2.24) is 15.0 Å². The van der Waals surface area contributed by atoms with Gasteiger partial charge in [-0.3, -0.25) is 19.8 Å². The van der Waals surface area contributed by atoms with Crippen LogP contribution in [0.5, 0.6) is 0 Å². The Hall–Kier alpha value is -3.26. The van der Waals surface area contributed by atoms with Crippen LogP contribution in [0.15, 0.2) is 60.0 Å². The Kier molecular flexibility index (Phi) is 5.50. The smallest absolute Gasteiger partial charge is 0.252 e. The van der Waals surface area contributed by atoms with Gasteiger partial charge in [0, 0.05) is 29.2 Å². The molecule has 2 N–H and O–H groups in total. The van der Waals surface area contributed by atoms with Gasteiger partial charge in [0.05, 0.1) is 12.2 Å². The number of nitrogens with two attached hydrogens (primary N) is 1. The lowest BCUT2D eigenvalue weighted by Crippen LogP contribution is -2.36. The molecule has 1 aromatic carbocycles. The van der Waals surface area contributed by atoms with E-state index in [1.807, 2.05) is 32.0 Å². The molecule has 0 bridgehead atoms. The number of aromatic nitrogens is 2. The van der Waals surface area contributed by atoms with Crippen molar-refractivity contribution in [1.29, 1.82) is 0 Å². The van der Waals surface area contributed by atoms with Crippen molar-refractivity contribution < 1.29 is 9.18 Å². The minimum atomic E-state index is -0.661. The monoisotopic (exact) mass is 421 g/mol. The Morgan fingerprint density at radius 1 is 1.17 bits per heavy atom. The average molecular weight is 422 g/mol. The van der Waals surface area contributed by atoms with E-state index < -0.39 is 11.3 Å². The topological polar surface area (TPSA) is 84.5 Å². The van der Waals surface area contributed by atoms with Gasteiger partial charge in [0.25, 0.3) is 5.91 Å². The number of carbonyl (C=O) groups excluding carboxylic acids is 1.